The molecule has 1 unspecified atom stereocenters. The van der Waals surface area contributed by atoms with Crippen LogP contribution in [0.1, 0.15) is 30.9 Å². The van der Waals surface area contributed by atoms with Gasteiger partial charge in [-0.1, -0.05) is 24.1 Å². The van der Waals surface area contributed by atoms with E-state index in [-0.39, 0.29) is 24.1 Å². The van der Waals surface area contributed by atoms with Gasteiger partial charge in [0.25, 0.3) is 0 Å². The summed E-state index contributed by atoms with van der Waals surface area (Å²) in [5.74, 6) is -0.134. The minimum Gasteiger partial charge on any atom is -0.329 e. The van der Waals surface area contributed by atoms with Crippen LogP contribution in [0.15, 0.2) is 54.0 Å². The highest BCUT2D eigenvalue weighted by Gasteiger charge is 2.26. The lowest BCUT2D eigenvalue weighted by Gasteiger charge is -2.35. The molecule has 9 heteroatoms. The minimum absolute atomic E-state index is 0.0977. The predicted molar refractivity (Wildman–Crippen MR) is 110 cm³/mol. The van der Waals surface area contributed by atoms with Gasteiger partial charge >= 0.3 is 0 Å². The van der Waals surface area contributed by atoms with E-state index in [4.69, 9.17) is 11.6 Å². The normalized spacial score (nSPS) is 17.2. The van der Waals surface area contributed by atoms with Crippen molar-refractivity contribution in [2.24, 2.45) is 0 Å². The molecule has 0 spiro atoms. The number of amides is 1. The Morgan fingerprint density at radius 2 is 2.17 bits per heavy atom. The zero-order valence-electron chi connectivity index (χ0n) is 15.7. The monoisotopic (exact) mass is 412 g/mol. The second kappa shape index (κ2) is 8.59. The first-order valence-electron chi connectivity index (χ1n) is 9.47. The second-order valence-electron chi connectivity index (χ2n) is 7.02. The van der Waals surface area contributed by atoms with Gasteiger partial charge in [0.1, 0.15) is 12.7 Å². The van der Waals surface area contributed by atoms with Gasteiger partial charge in [0.05, 0.1) is 17.9 Å². The quantitative estimate of drug-likeness (QED) is 0.671. The maximum Gasteiger partial charge on any atom is 0.247 e. The van der Waals surface area contributed by atoms with Crippen molar-refractivity contribution in [2.75, 3.05) is 18.4 Å². The van der Waals surface area contributed by atoms with Crippen LogP contribution >= 0.6 is 11.6 Å². The number of nitrogens with zero attached hydrogens (tertiary/aromatic N) is 4. The number of aromatic amines is 1. The van der Waals surface area contributed by atoms with Crippen molar-refractivity contribution in [1.29, 1.82) is 0 Å². The summed E-state index contributed by atoms with van der Waals surface area (Å²) in [5.41, 5.74) is 2.15. The topological polar surface area (TPSA) is 95.9 Å². The SMILES string of the molecule is O=C(CN1CCCCC1c1ccc(=O)[nH]c1)Nc1cc(Cl)ccc1-n1cncn1. The van der Waals surface area contributed by atoms with Crippen molar-refractivity contribution in [2.45, 2.75) is 25.3 Å². The highest BCUT2D eigenvalue weighted by molar-refractivity contribution is 6.31. The summed E-state index contributed by atoms with van der Waals surface area (Å²) in [6.07, 6.45) is 7.81. The zero-order valence-corrected chi connectivity index (χ0v) is 16.5. The smallest absolute Gasteiger partial charge is 0.247 e. The molecule has 1 saturated heterocycles. The van der Waals surface area contributed by atoms with Crippen LogP contribution in [-0.4, -0.2) is 43.6 Å². The number of hydrogen-bond acceptors (Lipinski definition) is 5. The first-order chi connectivity index (χ1) is 14.1. The number of carbonyl (C=O) groups is 1. The number of pyridine rings is 1. The highest BCUT2D eigenvalue weighted by atomic mass is 35.5. The van der Waals surface area contributed by atoms with Crippen molar-refractivity contribution in [3.05, 3.63) is 70.1 Å². The number of likely N-dealkylation sites (tertiary alicyclic amines) is 1. The molecule has 2 aromatic heterocycles. The molecule has 8 nitrogen and oxygen atoms in total. The molecule has 1 fully saturated rings. The van der Waals surface area contributed by atoms with E-state index >= 15 is 0 Å². The Hall–Kier alpha value is -2.97. The summed E-state index contributed by atoms with van der Waals surface area (Å²) in [5, 5.41) is 7.61. The van der Waals surface area contributed by atoms with Crippen molar-refractivity contribution in [3.63, 3.8) is 0 Å². The van der Waals surface area contributed by atoms with E-state index in [0.717, 1.165) is 31.4 Å². The summed E-state index contributed by atoms with van der Waals surface area (Å²) in [4.78, 5) is 33.0. The Morgan fingerprint density at radius 3 is 2.93 bits per heavy atom. The van der Waals surface area contributed by atoms with Crippen LogP contribution in [0.3, 0.4) is 0 Å². The molecule has 1 aliphatic rings. The number of rotatable bonds is 5. The van der Waals surface area contributed by atoms with Gasteiger partial charge in [-0.2, -0.15) is 5.10 Å². The van der Waals surface area contributed by atoms with Crippen LogP contribution in [-0.2, 0) is 4.79 Å². The molecular formula is C20H21ClN6O2. The Morgan fingerprint density at radius 1 is 1.28 bits per heavy atom. The predicted octanol–water partition coefficient (Wildman–Crippen LogP) is 2.77. The standard InChI is InChI=1S/C20H21ClN6O2/c21-15-5-6-18(27-13-22-12-24-27)16(9-15)25-20(29)11-26-8-2-1-3-17(26)14-4-7-19(28)23-10-14/h4-7,9-10,12-13,17H,1-3,8,11H2,(H,23,28)(H,25,29). The van der Waals surface area contributed by atoms with E-state index in [1.54, 1.807) is 35.4 Å². The van der Waals surface area contributed by atoms with Gasteiger partial charge in [-0.3, -0.25) is 14.5 Å². The molecule has 1 atom stereocenters. The third kappa shape index (κ3) is 4.55. The molecule has 3 aromatic rings. The summed E-state index contributed by atoms with van der Waals surface area (Å²) >= 11 is 6.13. The molecule has 0 aliphatic carbocycles. The lowest BCUT2D eigenvalue weighted by atomic mass is 9.96. The Balaban J connectivity index is 1.51. The maximum atomic E-state index is 12.8. The second-order valence-corrected chi connectivity index (χ2v) is 7.45. The van der Waals surface area contributed by atoms with Gasteiger partial charge in [-0.25, -0.2) is 9.67 Å². The molecule has 1 amide bonds. The number of hydrogen-bond donors (Lipinski definition) is 2. The number of H-pyrrole nitrogens is 1. The number of halogens is 1. The number of benzene rings is 1. The van der Waals surface area contributed by atoms with Crippen LogP contribution in [0, 0.1) is 0 Å². The number of piperidine rings is 1. The van der Waals surface area contributed by atoms with E-state index in [2.05, 4.69) is 25.3 Å². The average Bonchev–Trinajstić information content (AvgIpc) is 3.24. The third-order valence-electron chi connectivity index (χ3n) is 5.05. The fraction of sp³-hybridized carbons (Fsp3) is 0.300. The fourth-order valence-corrected chi connectivity index (χ4v) is 3.87. The van der Waals surface area contributed by atoms with Crippen molar-refractivity contribution in [3.8, 4) is 5.69 Å². The van der Waals surface area contributed by atoms with Crippen LogP contribution in [0.5, 0.6) is 0 Å². The van der Waals surface area contributed by atoms with Crippen LogP contribution in [0.4, 0.5) is 5.69 Å². The summed E-state index contributed by atoms with van der Waals surface area (Å²) < 4.78 is 1.58. The summed E-state index contributed by atoms with van der Waals surface area (Å²) in [6, 6.07) is 8.69. The Kier molecular flexibility index (Phi) is 5.73. The van der Waals surface area contributed by atoms with Crippen molar-refractivity contribution < 1.29 is 4.79 Å². The van der Waals surface area contributed by atoms with E-state index in [1.807, 2.05) is 6.07 Å². The molecule has 1 aromatic carbocycles. The highest BCUT2D eigenvalue weighted by Crippen LogP contribution is 2.30. The van der Waals surface area contributed by atoms with Crippen LogP contribution in [0.2, 0.25) is 5.02 Å². The molecule has 3 heterocycles. The van der Waals surface area contributed by atoms with Gasteiger partial charge in [0, 0.05) is 23.3 Å². The van der Waals surface area contributed by atoms with E-state index in [0.29, 0.717) is 16.4 Å². The van der Waals surface area contributed by atoms with E-state index in [1.165, 1.54) is 12.4 Å². The molecule has 0 radical (unpaired) electrons. The lowest BCUT2D eigenvalue weighted by Crippen LogP contribution is -2.39. The maximum absolute atomic E-state index is 12.8. The number of anilines is 1. The average molecular weight is 413 g/mol. The van der Waals surface area contributed by atoms with Gasteiger partial charge in [0.2, 0.25) is 11.5 Å². The Bertz CT molecular complexity index is 1030. The Labute approximate surface area is 172 Å². The van der Waals surface area contributed by atoms with Crippen molar-refractivity contribution >= 4 is 23.2 Å². The molecule has 1 aliphatic heterocycles. The summed E-state index contributed by atoms with van der Waals surface area (Å²) in [6.45, 7) is 1.07. The molecular weight excluding hydrogens is 392 g/mol. The lowest BCUT2D eigenvalue weighted by molar-refractivity contribution is -0.118. The van der Waals surface area contributed by atoms with Gasteiger partial charge in [-0.05, 0) is 43.1 Å². The van der Waals surface area contributed by atoms with E-state index in [9.17, 15) is 9.59 Å². The van der Waals surface area contributed by atoms with Gasteiger partial charge in [-0.15, -0.1) is 0 Å². The molecule has 0 saturated carbocycles. The molecule has 150 valence electrons. The number of carbonyl (C=O) groups excluding carboxylic acids is 1. The van der Waals surface area contributed by atoms with Gasteiger partial charge in [0.15, 0.2) is 0 Å². The number of aromatic nitrogens is 4. The summed E-state index contributed by atoms with van der Waals surface area (Å²) in [7, 11) is 0. The van der Waals surface area contributed by atoms with Gasteiger partial charge < -0.3 is 10.3 Å². The largest absolute Gasteiger partial charge is 0.329 e. The molecule has 4 rings (SSSR count). The molecule has 29 heavy (non-hydrogen) atoms. The van der Waals surface area contributed by atoms with E-state index < -0.39 is 0 Å². The minimum atomic E-state index is -0.134. The number of nitrogens with one attached hydrogen (secondary N) is 2. The first-order valence-corrected chi connectivity index (χ1v) is 9.85. The molecule has 2 N–H and O–H groups in total. The van der Waals surface area contributed by atoms with Crippen LogP contribution in [0.25, 0.3) is 5.69 Å². The fourth-order valence-electron chi connectivity index (χ4n) is 3.70. The third-order valence-corrected chi connectivity index (χ3v) is 5.29. The molecule has 0 bridgehead atoms. The zero-order chi connectivity index (χ0) is 20.2. The first kappa shape index (κ1) is 19.4. The van der Waals surface area contributed by atoms with Crippen LogP contribution < -0.4 is 10.9 Å². The van der Waals surface area contributed by atoms with Crippen molar-refractivity contribution in [1.82, 2.24) is 24.6 Å².